The van der Waals surface area contributed by atoms with Crippen molar-refractivity contribution in [1.82, 2.24) is 0 Å². The molecule has 0 aliphatic carbocycles. The molecule has 4 aromatic carbocycles. The molecular formula is C25H22ClCoP. The Hall–Kier alpha value is -1.89. The van der Waals surface area contributed by atoms with Gasteiger partial charge in [0, 0.05) is 16.8 Å². The van der Waals surface area contributed by atoms with Gasteiger partial charge in [-0.1, -0.05) is 84.9 Å². The van der Waals surface area contributed by atoms with E-state index in [1.54, 1.807) is 0 Å². The van der Waals surface area contributed by atoms with Gasteiger partial charge in [0.15, 0.2) is 0 Å². The van der Waals surface area contributed by atoms with Gasteiger partial charge in [-0.15, -0.1) is 0 Å². The molecular weight excluding hydrogens is 426 g/mol. The molecule has 0 heterocycles. The van der Waals surface area contributed by atoms with Crippen molar-refractivity contribution < 1.29 is 29.2 Å². The van der Waals surface area contributed by atoms with Crippen LogP contribution in [-0.2, 0) is 22.9 Å². The van der Waals surface area contributed by atoms with Crippen LogP contribution in [0.4, 0.5) is 0 Å². The molecule has 0 unspecified atom stereocenters. The normalized spacial score (nSPS) is 10.4. The van der Waals surface area contributed by atoms with E-state index in [2.05, 4.69) is 121 Å². The van der Waals surface area contributed by atoms with Crippen LogP contribution < -0.4 is 28.3 Å². The molecule has 0 amide bonds. The van der Waals surface area contributed by atoms with Crippen LogP contribution in [-0.4, -0.2) is 0 Å². The molecule has 4 rings (SSSR count). The third-order valence-electron chi connectivity index (χ3n) is 4.85. The average Bonchev–Trinajstić information content (AvgIpc) is 2.75. The Balaban J connectivity index is 0.00000140. The third-order valence-corrected chi connectivity index (χ3v) is 9.23. The summed E-state index contributed by atoms with van der Waals surface area (Å²) in [7, 11) is -1.78. The molecule has 143 valence electrons. The number of halogens is 1. The molecule has 0 aliphatic rings. The van der Waals surface area contributed by atoms with Crippen molar-refractivity contribution in [3.05, 3.63) is 127 Å². The number of rotatable bonds is 5. The van der Waals surface area contributed by atoms with Crippen LogP contribution in [0.25, 0.3) is 0 Å². The molecule has 3 heteroatoms. The van der Waals surface area contributed by atoms with Gasteiger partial charge in [-0.2, -0.15) is 0 Å². The predicted octanol–water partition coefficient (Wildman–Crippen LogP) is 2.18. The molecule has 0 nitrogen and oxygen atoms in total. The van der Waals surface area contributed by atoms with Crippen molar-refractivity contribution in [3.8, 4) is 0 Å². The van der Waals surface area contributed by atoms with Gasteiger partial charge in [0.1, 0.15) is 23.2 Å². The van der Waals surface area contributed by atoms with Gasteiger partial charge in [0.25, 0.3) is 0 Å². The molecule has 4 aromatic rings. The Morgan fingerprint density at radius 1 is 0.429 bits per heavy atom. The first kappa shape index (κ1) is 22.4. The summed E-state index contributed by atoms with van der Waals surface area (Å²) < 4.78 is 0. The van der Waals surface area contributed by atoms with Crippen LogP contribution in [0.1, 0.15) is 5.56 Å². The number of hydrogen-bond donors (Lipinski definition) is 0. The molecule has 0 saturated carbocycles. The van der Waals surface area contributed by atoms with E-state index in [1.165, 1.54) is 21.5 Å². The molecule has 0 spiro atoms. The minimum absolute atomic E-state index is 0. The molecule has 1 radical (unpaired) electrons. The molecule has 0 fully saturated rings. The van der Waals surface area contributed by atoms with Gasteiger partial charge in [0.05, 0.1) is 6.16 Å². The summed E-state index contributed by atoms with van der Waals surface area (Å²) in [6.45, 7) is 0. The van der Waals surface area contributed by atoms with Crippen molar-refractivity contribution in [2.75, 3.05) is 0 Å². The van der Waals surface area contributed by atoms with E-state index in [1.807, 2.05) is 0 Å². The Morgan fingerprint density at radius 2 is 0.714 bits per heavy atom. The maximum atomic E-state index is 2.30. The van der Waals surface area contributed by atoms with Crippen LogP contribution in [0.15, 0.2) is 121 Å². The SMILES string of the molecule is [Cl-].[Co].c1ccc(C[P+](c2ccccc2)(c2ccccc2)c2ccccc2)cc1. The first-order chi connectivity index (χ1) is 12.9. The minimum atomic E-state index is -1.78. The zero-order valence-corrected chi connectivity index (χ0v) is 18.1. The molecule has 28 heavy (non-hydrogen) atoms. The van der Waals surface area contributed by atoms with E-state index in [4.69, 9.17) is 0 Å². The molecule has 0 N–H and O–H groups in total. The number of benzene rings is 4. The Labute approximate surface area is 185 Å². The Morgan fingerprint density at radius 3 is 1.04 bits per heavy atom. The zero-order chi connectivity index (χ0) is 17.7. The summed E-state index contributed by atoms with van der Waals surface area (Å²) in [4.78, 5) is 0. The van der Waals surface area contributed by atoms with E-state index in [0.717, 1.165) is 6.16 Å². The van der Waals surface area contributed by atoms with E-state index >= 15 is 0 Å². The summed E-state index contributed by atoms with van der Waals surface area (Å²) in [5, 5.41) is 4.30. The van der Waals surface area contributed by atoms with Crippen molar-refractivity contribution in [2.45, 2.75) is 6.16 Å². The first-order valence-corrected chi connectivity index (χ1v) is 11.0. The molecule has 0 bridgehead atoms. The van der Waals surface area contributed by atoms with Gasteiger partial charge in [-0.3, -0.25) is 0 Å². The molecule has 0 aliphatic heterocycles. The van der Waals surface area contributed by atoms with Crippen molar-refractivity contribution in [2.24, 2.45) is 0 Å². The van der Waals surface area contributed by atoms with Crippen molar-refractivity contribution in [1.29, 1.82) is 0 Å². The quantitative estimate of drug-likeness (QED) is 0.412. The largest absolute Gasteiger partial charge is 1.00 e. The summed E-state index contributed by atoms with van der Waals surface area (Å²) in [5.74, 6) is 0. The van der Waals surface area contributed by atoms with Gasteiger partial charge in [-0.05, 0) is 42.0 Å². The van der Waals surface area contributed by atoms with Gasteiger partial charge < -0.3 is 12.4 Å². The van der Waals surface area contributed by atoms with Crippen molar-refractivity contribution in [3.63, 3.8) is 0 Å². The predicted molar refractivity (Wildman–Crippen MR) is 115 cm³/mol. The van der Waals surface area contributed by atoms with Gasteiger partial charge in [-0.25, -0.2) is 0 Å². The van der Waals surface area contributed by atoms with Crippen LogP contribution in [0.3, 0.4) is 0 Å². The minimum Gasteiger partial charge on any atom is -1.00 e. The summed E-state index contributed by atoms with van der Waals surface area (Å²) in [5.41, 5.74) is 1.39. The Kier molecular flexibility index (Phi) is 8.48. The van der Waals surface area contributed by atoms with E-state index in [0.29, 0.717) is 0 Å². The first-order valence-electron chi connectivity index (χ1n) is 8.98. The van der Waals surface area contributed by atoms with Gasteiger partial charge >= 0.3 is 0 Å². The van der Waals surface area contributed by atoms with Crippen LogP contribution in [0, 0.1) is 0 Å². The monoisotopic (exact) mass is 447 g/mol. The topological polar surface area (TPSA) is 0 Å². The molecule has 0 saturated heterocycles. The zero-order valence-electron chi connectivity index (χ0n) is 15.4. The third kappa shape index (κ3) is 4.56. The summed E-state index contributed by atoms with van der Waals surface area (Å²) >= 11 is 0. The van der Waals surface area contributed by atoms with Crippen molar-refractivity contribution >= 4 is 23.2 Å². The smallest absolute Gasteiger partial charge is 0.116 e. The second-order valence-corrected chi connectivity index (χ2v) is 9.95. The second kappa shape index (κ2) is 10.6. The summed E-state index contributed by atoms with van der Waals surface area (Å²) in [6, 6.07) is 44.0. The van der Waals surface area contributed by atoms with Crippen LogP contribution in [0.2, 0.25) is 0 Å². The second-order valence-electron chi connectivity index (χ2n) is 6.46. The molecule has 0 atom stereocenters. The summed E-state index contributed by atoms with van der Waals surface area (Å²) in [6.07, 6.45) is 1.03. The number of hydrogen-bond acceptors (Lipinski definition) is 0. The molecule has 0 aromatic heterocycles. The Bertz CT molecular complexity index is 848. The van der Waals surface area contributed by atoms with Crippen LogP contribution in [0.5, 0.6) is 0 Å². The fraction of sp³-hybridized carbons (Fsp3) is 0.0400. The van der Waals surface area contributed by atoms with E-state index in [-0.39, 0.29) is 29.2 Å². The van der Waals surface area contributed by atoms with E-state index in [9.17, 15) is 0 Å². The average molecular weight is 448 g/mol. The maximum absolute atomic E-state index is 2.30. The fourth-order valence-corrected chi connectivity index (χ4v) is 7.87. The van der Waals surface area contributed by atoms with Gasteiger partial charge in [0.2, 0.25) is 0 Å². The maximum Gasteiger partial charge on any atom is 0.116 e. The fourth-order valence-electron chi connectivity index (χ4n) is 3.63. The van der Waals surface area contributed by atoms with E-state index < -0.39 is 7.26 Å². The van der Waals surface area contributed by atoms with Crippen LogP contribution >= 0.6 is 7.26 Å². The standard InChI is InChI=1S/C25H22P.ClH.Co/c1-5-13-22(14-6-1)21-26(23-15-7-2-8-16-23,24-17-9-3-10-18-24)25-19-11-4-12-20-25;;/h1-20H,21H2;1H;/q+1;;/p-1.